The average Bonchev–Trinajstić information content (AvgIpc) is 4.09. The summed E-state index contributed by atoms with van der Waals surface area (Å²) in [5, 5.41) is 17.9. The number of carbonyl (C=O) groups is 2. The number of ether oxygens (including phenoxy) is 2. The van der Waals surface area contributed by atoms with Crippen LogP contribution in [0.1, 0.15) is 62.7 Å². The van der Waals surface area contributed by atoms with Gasteiger partial charge in [-0.05, 0) is 61.8 Å². The number of hydrogen-bond donors (Lipinski definition) is 3. The molecule has 0 bridgehead atoms. The van der Waals surface area contributed by atoms with Crippen molar-refractivity contribution in [3.8, 4) is 11.8 Å². The molecule has 0 saturated carbocycles. The second kappa shape index (κ2) is 17.1. The molecule has 3 N–H and O–H groups in total. The van der Waals surface area contributed by atoms with Crippen LogP contribution >= 0.6 is 22.7 Å². The number of nitrogens with zero attached hydrogens (tertiary/aromatic N) is 9. The van der Waals surface area contributed by atoms with Crippen molar-refractivity contribution >= 4 is 90.4 Å². The van der Waals surface area contributed by atoms with Crippen molar-refractivity contribution in [3.63, 3.8) is 0 Å². The van der Waals surface area contributed by atoms with Crippen LogP contribution in [0.2, 0.25) is 0 Å². The fraction of sp³-hybridized carbons (Fsp3) is 0.381. The normalized spacial score (nSPS) is 17.0. The lowest BCUT2D eigenvalue weighted by atomic mass is 9.87. The number of hydrogen-bond acceptors (Lipinski definition) is 16. The predicted octanol–water partition coefficient (Wildman–Crippen LogP) is 7.25. The average molecular weight is 900 g/mol. The number of alkyl halides is 3. The summed E-state index contributed by atoms with van der Waals surface area (Å²) < 4.78 is 48.6. The Morgan fingerprint density at radius 1 is 0.794 bits per heavy atom. The first kappa shape index (κ1) is 42.0. The van der Waals surface area contributed by atoms with Crippen LogP contribution in [0.15, 0.2) is 34.8 Å². The van der Waals surface area contributed by atoms with Crippen LogP contribution < -0.4 is 20.1 Å². The van der Waals surface area contributed by atoms with Gasteiger partial charge >= 0.3 is 12.1 Å². The van der Waals surface area contributed by atoms with E-state index in [1.165, 1.54) is 35.9 Å². The third-order valence-electron chi connectivity index (χ3n) is 11.5. The van der Waals surface area contributed by atoms with Crippen LogP contribution in [-0.2, 0) is 48.4 Å². The maximum Gasteiger partial charge on any atom is 0.390 e. The van der Waals surface area contributed by atoms with Crippen molar-refractivity contribution in [3.05, 3.63) is 68.2 Å². The van der Waals surface area contributed by atoms with E-state index in [2.05, 4.69) is 50.5 Å². The minimum Gasteiger partial charge on any atom is -0.481 e. The third-order valence-corrected chi connectivity index (χ3v) is 13.9. The highest BCUT2D eigenvalue weighted by Crippen LogP contribution is 2.43. The van der Waals surface area contributed by atoms with E-state index >= 15 is 0 Å². The van der Waals surface area contributed by atoms with E-state index in [1.807, 2.05) is 12.1 Å². The van der Waals surface area contributed by atoms with Crippen molar-refractivity contribution in [1.29, 1.82) is 0 Å². The van der Waals surface area contributed by atoms with Gasteiger partial charge in [0.1, 0.15) is 45.3 Å². The topological polar surface area (TPSA) is 202 Å². The lowest BCUT2D eigenvalue weighted by molar-refractivity contribution is -0.146. The molecule has 2 aliphatic heterocycles. The van der Waals surface area contributed by atoms with E-state index in [-0.39, 0.29) is 24.3 Å². The fourth-order valence-electron chi connectivity index (χ4n) is 8.33. The van der Waals surface area contributed by atoms with Gasteiger partial charge in [-0.1, -0.05) is 0 Å². The highest BCUT2D eigenvalue weighted by molar-refractivity contribution is 7.19. The molecule has 10 rings (SSSR count). The summed E-state index contributed by atoms with van der Waals surface area (Å²) in [6.07, 6.45) is 4.83. The summed E-state index contributed by atoms with van der Waals surface area (Å²) in [6, 6.07) is 3.89. The number of aliphatic imine (C=N–C) groups is 2. The summed E-state index contributed by atoms with van der Waals surface area (Å²) in [5.74, 6) is 0.578. The maximum atomic E-state index is 12.8. The van der Waals surface area contributed by atoms with E-state index < -0.39 is 18.6 Å². The number of aliphatic carboxylic acids is 1. The number of methoxy groups -OCH3 is 2. The molecule has 0 radical (unpaired) electrons. The predicted molar refractivity (Wildman–Crippen MR) is 233 cm³/mol. The molecule has 21 heteroatoms. The number of pyridine rings is 2. The summed E-state index contributed by atoms with van der Waals surface area (Å²) in [6.45, 7) is 0.749. The Hall–Kier alpha value is -6.35. The molecule has 0 fully saturated rings. The van der Waals surface area contributed by atoms with E-state index in [0.29, 0.717) is 86.4 Å². The second-order valence-corrected chi connectivity index (χ2v) is 17.7. The molecule has 4 aliphatic rings. The Morgan fingerprint density at radius 2 is 1.29 bits per heavy atom. The van der Waals surface area contributed by atoms with E-state index in [1.54, 1.807) is 38.0 Å². The quantitative estimate of drug-likeness (QED) is 0.124. The first-order chi connectivity index (χ1) is 30.4. The van der Waals surface area contributed by atoms with Crippen molar-refractivity contribution < 1.29 is 37.3 Å². The van der Waals surface area contributed by atoms with Crippen LogP contribution in [0.25, 0.3) is 20.4 Å². The Morgan fingerprint density at radius 3 is 1.76 bits per heavy atom. The third kappa shape index (κ3) is 8.45. The zero-order valence-electron chi connectivity index (χ0n) is 34.2. The number of nitrogens with one attached hydrogen (secondary N) is 2. The second-order valence-electron chi connectivity index (χ2n) is 15.5. The monoisotopic (exact) mass is 899 g/mol. The highest BCUT2D eigenvalue weighted by Gasteiger charge is 2.34. The number of aryl methyl sites for hydroxylation is 2. The zero-order valence-corrected chi connectivity index (χ0v) is 35.9. The number of amides is 1. The van der Waals surface area contributed by atoms with E-state index in [0.717, 1.165) is 63.8 Å². The zero-order chi connectivity index (χ0) is 44.0. The van der Waals surface area contributed by atoms with Gasteiger partial charge in [-0.15, -0.1) is 22.7 Å². The molecule has 8 heterocycles. The first-order valence-electron chi connectivity index (χ1n) is 20.1. The molecule has 16 nitrogen and oxygen atoms in total. The standard InChI is InChI=1S/C23H23F3N6O2S.C19H17N5O3S/c1-32(6-5-23(24,25)26)22(33)12-3-4-14-17(8-12)35-21-18(14)19(28-11-29-21)30-15-7-13-9-27-10-16(13)31-20(15)34-2;1-27-17-12(4-10-6-20-7-13(10)24-17)23-16-15-11-3-2-9(19(25)26)5-14(11)28-18(15)22-8-21-16/h7,9,11-12H,3-6,8,10H2,1-2H3,(H,28,29,30);4,6,8-9H,2-3,5,7H2,1H3,(H,25,26)(H,21,22,23)/t12-;9-/m00/s1. The van der Waals surface area contributed by atoms with Crippen LogP contribution in [0.3, 0.4) is 0 Å². The van der Waals surface area contributed by atoms with Crippen molar-refractivity contribution in [2.24, 2.45) is 21.8 Å². The highest BCUT2D eigenvalue weighted by atomic mass is 32.1. The van der Waals surface area contributed by atoms with Gasteiger partial charge in [0.25, 0.3) is 0 Å². The minimum atomic E-state index is -4.29. The molecule has 2 atom stereocenters. The van der Waals surface area contributed by atoms with Crippen LogP contribution in [0.5, 0.6) is 11.8 Å². The molecule has 0 spiro atoms. The molecule has 2 aliphatic carbocycles. The maximum absolute atomic E-state index is 12.8. The van der Waals surface area contributed by atoms with Gasteiger partial charge in [0, 0.05) is 52.8 Å². The largest absolute Gasteiger partial charge is 0.481 e. The number of anilines is 4. The number of carboxylic acids is 1. The summed E-state index contributed by atoms with van der Waals surface area (Å²) in [7, 11) is 4.58. The number of aromatic nitrogens is 6. The van der Waals surface area contributed by atoms with Crippen molar-refractivity contribution in [1.82, 2.24) is 34.8 Å². The number of fused-ring (bicyclic) bond motifs is 8. The SMILES string of the molecule is COc1nc2c(cc1Nc1ncnc3sc4c(c13)CC[C@H](C(=O)N(C)CCC(F)(F)F)C4)C=NC2.COc1nc2c(cc1Nc1ncnc3sc4c(c13)CC[C@H](C(=O)O)C4)C=NC2. The Bertz CT molecular complexity index is 2850. The lowest BCUT2D eigenvalue weighted by Gasteiger charge is -2.27. The summed E-state index contributed by atoms with van der Waals surface area (Å²) in [5.41, 5.74) is 7.22. The number of carboxylic acid groups (broad SMARTS) is 1. The summed E-state index contributed by atoms with van der Waals surface area (Å²) >= 11 is 3.05. The molecule has 0 unspecified atom stereocenters. The van der Waals surface area contributed by atoms with Gasteiger partial charge in [-0.25, -0.2) is 29.9 Å². The molecular weight excluding hydrogens is 860 g/mol. The fourth-order valence-corrected chi connectivity index (χ4v) is 10.9. The molecular formula is C42H40F3N11O5S2. The Labute approximate surface area is 365 Å². The lowest BCUT2D eigenvalue weighted by Crippen LogP contribution is -2.37. The molecule has 326 valence electrons. The van der Waals surface area contributed by atoms with Crippen LogP contribution in [0.4, 0.5) is 36.2 Å². The first-order valence-corrected chi connectivity index (χ1v) is 21.7. The van der Waals surface area contributed by atoms with Crippen LogP contribution in [0, 0.1) is 11.8 Å². The molecule has 0 aromatic carbocycles. The van der Waals surface area contributed by atoms with Crippen LogP contribution in [-0.4, -0.2) is 98.2 Å². The van der Waals surface area contributed by atoms with Gasteiger partial charge in [0.2, 0.25) is 17.7 Å². The van der Waals surface area contributed by atoms with Crippen molar-refractivity contribution in [2.45, 2.75) is 64.2 Å². The number of carbonyl (C=O) groups excluding carboxylic acids is 1. The minimum absolute atomic E-state index is 0.252. The van der Waals surface area contributed by atoms with E-state index in [9.17, 15) is 27.9 Å². The van der Waals surface area contributed by atoms with Gasteiger partial charge < -0.3 is 30.1 Å². The van der Waals surface area contributed by atoms with Crippen molar-refractivity contribution in [2.75, 3.05) is 38.4 Å². The Kier molecular flexibility index (Phi) is 11.4. The number of thiophene rings is 2. The molecule has 6 aromatic heterocycles. The molecule has 0 saturated heterocycles. The van der Waals surface area contributed by atoms with Gasteiger partial charge in [-0.3, -0.25) is 19.6 Å². The molecule has 1 amide bonds. The van der Waals surface area contributed by atoms with E-state index in [4.69, 9.17) is 9.47 Å². The number of halogens is 3. The summed E-state index contributed by atoms with van der Waals surface area (Å²) in [4.78, 5) is 64.5. The van der Waals surface area contributed by atoms with Gasteiger partial charge in [-0.2, -0.15) is 13.2 Å². The number of rotatable bonds is 10. The van der Waals surface area contributed by atoms with Gasteiger partial charge in [0.05, 0.1) is 61.8 Å². The molecule has 6 aromatic rings. The van der Waals surface area contributed by atoms with Gasteiger partial charge in [0.15, 0.2) is 0 Å². The Balaban J connectivity index is 0.000000164. The smallest absolute Gasteiger partial charge is 0.390 e. The molecule has 63 heavy (non-hydrogen) atoms.